The summed E-state index contributed by atoms with van der Waals surface area (Å²) >= 11 is 6.22. The molecule has 6 nitrogen and oxygen atoms in total. The summed E-state index contributed by atoms with van der Waals surface area (Å²) in [4.78, 5) is 29.6. The predicted molar refractivity (Wildman–Crippen MR) is 119 cm³/mol. The van der Waals surface area contributed by atoms with Gasteiger partial charge in [-0.3, -0.25) is 9.59 Å². The second-order valence-corrected chi connectivity index (χ2v) is 8.61. The van der Waals surface area contributed by atoms with E-state index in [2.05, 4.69) is 10.3 Å². The van der Waals surface area contributed by atoms with Crippen molar-refractivity contribution in [1.29, 1.82) is 0 Å². The highest BCUT2D eigenvalue weighted by atomic mass is 35.5. The Kier molecular flexibility index (Phi) is 5.42. The van der Waals surface area contributed by atoms with E-state index in [1.54, 1.807) is 4.90 Å². The third-order valence-corrected chi connectivity index (χ3v) is 6.50. The third kappa shape index (κ3) is 3.82. The van der Waals surface area contributed by atoms with Gasteiger partial charge in [-0.15, -0.1) is 0 Å². The maximum absolute atomic E-state index is 12.5. The van der Waals surface area contributed by atoms with E-state index in [9.17, 15) is 9.59 Å². The molecule has 3 aromatic rings. The van der Waals surface area contributed by atoms with E-state index in [-0.39, 0.29) is 18.1 Å². The van der Waals surface area contributed by atoms with E-state index in [1.807, 2.05) is 42.5 Å². The fraction of sp³-hybridized carbons (Fsp3) is 0.333. The summed E-state index contributed by atoms with van der Waals surface area (Å²) in [5.41, 5.74) is 4.77. The van der Waals surface area contributed by atoms with Gasteiger partial charge in [-0.05, 0) is 60.7 Å². The number of H-pyrrole nitrogens is 1. The van der Waals surface area contributed by atoms with E-state index in [1.165, 1.54) is 5.56 Å². The van der Waals surface area contributed by atoms with Crippen molar-refractivity contribution in [1.82, 2.24) is 15.2 Å². The molecule has 1 saturated heterocycles. The summed E-state index contributed by atoms with van der Waals surface area (Å²) in [5.74, 6) is -0.112. The number of benzene rings is 2. The van der Waals surface area contributed by atoms with Crippen molar-refractivity contribution in [2.45, 2.75) is 31.4 Å². The van der Waals surface area contributed by atoms with Crippen molar-refractivity contribution in [2.24, 2.45) is 0 Å². The lowest BCUT2D eigenvalue weighted by Gasteiger charge is -2.33. The molecule has 2 aliphatic rings. The number of hydrogen-bond donors (Lipinski definition) is 2. The Hall–Kier alpha value is -2.83. The third-order valence-electron chi connectivity index (χ3n) is 6.26. The van der Waals surface area contributed by atoms with Crippen molar-refractivity contribution >= 4 is 34.8 Å². The zero-order valence-electron chi connectivity index (χ0n) is 17.1. The summed E-state index contributed by atoms with van der Waals surface area (Å²) in [6.07, 6.45) is 3.82. The number of hydrogen-bond acceptors (Lipinski definition) is 3. The smallest absolute Gasteiger partial charge is 0.251 e. The number of carbonyl (C=O) groups excluding carboxylic acids is 2. The van der Waals surface area contributed by atoms with Gasteiger partial charge in [0.1, 0.15) is 0 Å². The molecule has 3 heterocycles. The Morgan fingerprint density at radius 3 is 2.84 bits per heavy atom. The van der Waals surface area contributed by atoms with Gasteiger partial charge in [0, 0.05) is 46.9 Å². The molecule has 2 atom stereocenters. The lowest BCUT2D eigenvalue weighted by molar-refractivity contribution is -0.120. The molecule has 2 aromatic carbocycles. The number of nitrogens with one attached hydrogen (secondary N) is 2. The van der Waals surface area contributed by atoms with Crippen LogP contribution in [-0.4, -0.2) is 48.0 Å². The van der Waals surface area contributed by atoms with Crippen LogP contribution in [0.25, 0.3) is 10.9 Å². The molecule has 7 heteroatoms. The molecule has 2 amide bonds. The highest BCUT2D eigenvalue weighted by Crippen LogP contribution is 2.38. The second kappa shape index (κ2) is 8.36. The van der Waals surface area contributed by atoms with Crippen molar-refractivity contribution in [2.75, 3.05) is 19.7 Å². The maximum Gasteiger partial charge on any atom is 0.251 e. The molecule has 1 fully saturated rings. The molecule has 0 saturated carbocycles. The second-order valence-electron chi connectivity index (χ2n) is 8.17. The molecular formula is C24H24ClN3O3. The predicted octanol–water partition coefficient (Wildman–Crippen LogP) is 3.83. The van der Waals surface area contributed by atoms with Gasteiger partial charge < -0.3 is 19.9 Å². The Bertz CT molecular complexity index is 1120. The van der Waals surface area contributed by atoms with Crippen LogP contribution in [0.2, 0.25) is 5.02 Å². The zero-order chi connectivity index (χ0) is 21.4. The molecule has 1 aromatic heterocycles. The standard InChI is InChI=1S/C24H24ClN3O3/c25-17-7-8-21-20(12-17)19-9-10-28(14-29)23(22(19)27-21)15-3-5-16(6-4-15)24(30)26-13-18-2-1-11-31-18/h3-8,12,14,18,23,27H,1-2,9-11,13H2,(H,26,30). The monoisotopic (exact) mass is 437 g/mol. The van der Waals surface area contributed by atoms with Gasteiger partial charge in [-0.1, -0.05) is 23.7 Å². The fourth-order valence-electron chi connectivity index (χ4n) is 4.68. The molecular weight excluding hydrogens is 414 g/mol. The van der Waals surface area contributed by atoms with Crippen molar-refractivity contribution in [3.8, 4) is 0 Å². The van der Waals surface area contributed by atoms with Crippen LogP contribution in [0.5, 0.6) is 0 Å². The average Bonchev–Trinajstić information content (AvgIpc) is 3.44. The lowest BCUT2D eigenvalue weighted by Crippen LogP contribution is -2.35. The minimum absolute atomic E-state index is 0.112. The van der Waals surface area contributed by atoms with E-state index in [4.69, 9.17) is 16.3 Å². The first-order valence-electron chi connectivity index (χ1n) is 10.6. The van der Waals surface area contributed by atoms with E-state index in [0.29, 0.717) is 23.7 Å². The number of fused-ring (bicyclic) bond motifs is 3. The summed E-state index contributed by atoms with van der Waals surface area (Å²) in [6.45, 7) is 1.93. The van der Waals surface area contributed by atoms with Crippen LogP contribution in [-0.2, 0) is 16.0 Å². The Morgan fingerprint density at radius 2 is 2.10 bits per heavy atom. The molecule has 2 unspecified atom stereocenters. The van der Waals surface area contributed by atoms with Crippen LogP contribution in [0.1, 0.15) is 46.1 Å². The first-order chi connectivity index (χ1) is 15.1. The SMILES string of the molecule is O=CN1CCc2c([nH]c3ccc(Cl)cc23)C1c1ccc(C(=O)NCC2CCCO2)cc1. The minimum atomic E-state index is -0.226. The first kappa shape index (κ1) is 20.1. The highest BCUT2D eigenvalue weighted by Gasteiger charge is 2.31. The molecule has 160 valence electrons. The van der Waals surface area contributed by atoms with Crippen LogP contribution >= 0.6 is 11.6 Å². The average molecular weight is 438 g/mol. The number of halogens is 1. The van der Waals surface area contributed by atoms with Gasteiger partial charge >= 0.3 is 0 Å². The van der Waals surface area contributed by atoms with Crippen molar-refractivity contribution in [3.05, 3.63) is 69.9 Å². The van der Waals surface area contributed by atoms with E-state index in [0.717, 1.165) is 54.4 Å². The van der Waals surface area contributed by atoms with Gasteiger partial charge in [0.2, 0.25) is 6.41 Å². The molecule has 2 N–H and O–H groups in total. The van der Waals surface area contributed by atoms with Crippen molar-refractivity contribution < 1.29 is 14.3 Å². The molecule has 5 rings (SSSR count). The van der Waals surface area contributed by atoms with Gasteiger partial charge in [-0.25, -0.2) is 0 Å². The largest absolute Gasteiger partial charge is 0.376 e. The molecule has 0 spiro atoms. The molecule has 0 aliphatic carbocycles. The Labute approximate surface area is 185 Å². The van der Waals surface area contributed by atoms with Gasteiger partial charge in [0.05, 0.1) is 12.1 Å². The van der Waals surface area contributed by atoms with Gasteiger partial charge in [0.25, 0.3) is 5.91 Å². The van der Waals surface area contributed by atoms with Gasteiger partial charge in [-0.2, -0.15) is 0 Å². The van der Waals surface area contributed by atoms with E-state index < -0.39 is 0 Å². The summed E-state index contributed by atoms with van der Waals surface area (Å²) < 4.78 is 5.56. The summed E-state index contributed by atoms with van der Waals surface area (Å²) in [6, 6.07) is 13.1. The minimum Gasteiger partial charge on any atom is -0.376 e. The number of aromatic nitrogens is 1. The fourth-order valence-corrected chi connectivity index (χ4v) is 4.85. The number of nitrogens with zero attached hydrogens (tertiary/aromatic N) is 1. The topological polar surface area (TPSA) is 74.4 Å². The first-order valence-corrected chi connectivity index (χ1v) is 11.0. The quantitative estimate of drug-likeness (QED) is 0.595. The molecule has 31 heavy (non-hydrogen) atoms. The zero-order valence-corrected chi connectivity index (χ0v) is 17.8. The normalized spacial score (nSPS) is 20.6. The molecule has 0 bridgehead atoms. The highest BCUT2D eigenvalue weighted by molar-refractivity contribution is 6.31. The van der Waals surface area contributed by atoms with Crippen LogP contribution in [0, 0.1) is 0 Å². The van der Waals surface area contributed by atoms with Crippen LogP contribution in [0.3, 0.4) is 0 Å². The maximum atomic E-state index is 12.5. The van der Waals surface area contributed by atoms with Crippen LogP contribution in [0.15, 0.2) is 42.5 Å². The number of rotatable bonds is 5. The Morgan fingerprint density at radius 1 is 1.26 bits per heavy atom. The van der Waals surface area contributed by atoms with E-state index >= 15 is 0 Å². The summed E-state index contributed by atoms with van der Waals surface area (Å²) in [7, 11) is 0. The Balaban J connectivity index is 1.41. The summed E-state index contributed by atoms with van der Waals surface area (Å²) in [5, 5.41) is 4.75. The number of amides is 2. The number of carbonyl (C=O) groups is 2. The molecule has 2 aliphatic heterocycles. The van der Waals surface area contributed by atoms with Crippen molar-refractivity contribution in [3.63, 3.8) is 0 Å². The van der Waals surface area contributed by atoms with Gasteiger partial charge in [0.15, 0.2) is 0 Å². The van der Waals surface area contributed by atoms with Crippen LogP contribution < -0.4 is 5.32 Å². The number of aromatic amines is 1. The lowest BCUT2D eigenvalue weighted by atomic mass is 9.92. The number of ether oxygens (including phenoxy) is 1. The molecule has 0 radical (unpaired) electrons. The van der Waals surface area contributed by atoms with Crippen LogP contribution in [0.4, 0.5) is 0 Å².